The number of hydrogen-bond donors (Lipinski definition) is 2. The second-order valence-electron chi connectivity index (χ2n) is 5.27. The molecule has 0 saturated carbocycles. The summed E-state index contributed by atoms with van der Waals surface area (Å²) in [5.41, 5.74) is 4.37. The number of carbonyl (C=O) groups excluding carboxylic acids is 2. The summed E-state index contributed by atoms with van der Waals surface area (Å²) in [7, 11) is 0. The largest absolute Gasteiger partial charge is 0.478 e. The first kappa shape index (κ1) is 20.2. The number of non-ortho nitro benzene ring substituents is 1. The quantitative estimate of drug-likeness (QED) is 0.425. The first-order valence-corrected chi connectivity index (χ1v) is 8.72. The van der Waals surface area contributed by atoms with Crippen molar-refractivity contribution in [1.29, 1.82) is 0 Å². The number of nitrogens with one attached hydrogen (secondary N) is 2. The maximum Gasteiger partial charge on any atom is 0.279 e. The number of carbonyl (C=O) groups is 2. The van der Waals surface area contributed by atoms with Crippen LogP contribution in [0.1, 0.15) is 6.92 Å². The lowest BCUT2D eigenvalue weighted by Gasteiger charge is -2.15. The third-order valence-electron chi connectivity index (χ3n) is 3.25. The fraction of sp³-hybridized carbons (Fsp3) is 0.176. The lowest BCUT2D eigenvalue weighted by atomic mass is 10.3. The van der Waals surface area contributed by atoms with E-state index in [4.69, 9.17) is 4.74 Å². The molecule has 0 aliphatic rings. The molecule has 0 aliphatic heterocycles. The second-order valence-corrected chi connectivity index (χ2v) is 6.32. The van der Waals surface area contributed by atoms with Crippen molar-refractivity contribution in [3.8, 4) is 5.75 Å². The van der Waals surface area contributed by atoms with Crippen molar-refractivity contribution in [1.82, 2.24) is 10.9 Å². The molecule has 8 nitrogen and oxygen atoms in total. The Morgan fingerprint density at radius 2 is 1.85 bits per heavy atom. The molecule has 27 heavy (non-hydrogen) atoms. The van der Waals surface area contributed by atoms with E-state index in [2.05, 4.69) is 10.9 Å². The minimum atomic E-state index is -1.02. The van der Waals surface area contributed by atoms with Gasteiger partial charge in [-0.3, -0.25) is 30.6 Å². The van der Waals surface area contributed by atoms with Crippen LogP contribution >= 0.6 is 11.8 Å². The van der Waals surface area contributed by atoms with E-state index in [0.717, 1.165) is 11.8 Å². The third-order valence-corrected chi connectivity index (χ3v) is 4.26. The number of benzene rings is 2. The molecule has 2 N–H and O–H groups in total. The Bertz CT molecular complexity index is 832. The van der Waals surface area contributed by atoms with Crippen LogP contribution < -0.4 is 15.6 Å². The van der Waals surface area contributed by atoms with Crippen molar-refractivity contribution >= 4 is 29.3 Å². The van der Waals surface area contributed by atoms with E-state index in [-0.39, 0.29) is 17.2 Å². The molecule has 1 atom stereocenters. The van der Waals surface area contributed by atoms with Gasteiger partial charge in [0.25, 0.3) is 11.6 Å². The van der Waals surface area contributed by atoms with Gasteiger partial charge < -0.3 is 4.74 Å². The van der Waals surface area contributed by atoms with E-state index in [1.807, 2.05) is 0 Å². The van der Waals surface area contributed by atoms with Crippen LogP contribution in [0, 0.1) is 15.9 Å². The predicted octanol–water partition coefficient (Wildman–Crippen LogP) is 2.44. The second kappa shape index (κ2) is 9.53. The number of hydrazine groups is 1. The first-order valence-electron chi connectivity index (χ1n) is 7.74. The minimum Gasteiger partial charge on any atom is -0.478 e. The van der Waals surface area contributed by atoms with Gasteiger partial charge in [0, 0.05) is 17.0 Å². The van der Waals surface area contributed by atoms with Crippen molar-refractivity contribution in [2.45, 2.75) is 17.9 Å². The summed E-state index contributed by atoms with van der Waals surface area (Å²) in [6, 6.07) is 11.4. The SMILES string of the molecule is C[C@@H](Oc1ccccc1F)C(=O)NNC(=O)CSc1ccc([N+](=O)[O-])cc1. The molecule has 0 aromatic heterocycles. The van der Waals surface area contributed by atoms with Crippen LogP contribution in [-0.2, 0) is 9.59 Å². The number of halogens is 1. The van der Waals surface area contributed by atoms with E-state index < -0.39 is 28.7 Å². The fourth-order valence-corrected chi connectivity index (χ4v) is 2.56. The van der Waals surface area contributed by atoms with E-state index in [9.17, 15) is 24.1 Å². The molecular weight excluding hydrogens is 377 g/mol. The number of nitro benzene ring substituents is 1. The predicted molar refractivity (Wildman–Crippen MR) is 96.6 cm³/mol. The van der Waals surface area contributed by atoms with Gasteiger partial charge >= 0.3 is 0 Å². The Labute approximate surface area is 158 Å². The summed E-state index contributed by atoms with van der Waals surface area (Å²) >= 11 is 1.15. The standard InChI is InChI=1S/C17H16FN3O5S/c1-11(26-15-5-3-2-4-14(15)18)17(23)20-19-16(22)10-27-13-8-6-12(7-9-13)21(24)25/h2-9,11H,10H2,1H3,(H,19,22)(H,20,23)/t11-/m1/s1. The van der Waals surface area contributed by atoms with Gasteiger partial charge in [0.1, 0.15) is 0 Å². The van der Waals surface area contributed by atoms with E-state index in [0.29, 0.717) is 4.90 Å². The highest BCUT2D eigenvalue weighted by Gasteiger charge is 2.17. The van der Waals surface area contributed by atoms with Crippen LogP contribution in [0.25, 0.3) is 0 Å². The summed E-state index contributed by atoms with van der Waals surface area (Å²) in [6.45, 7) is 1.42. The van der Waals surface area contributed by atoms with Crippen LogP contribution in [0.4, 0.5) is 10.1 Å². The first-order chi connectivity index (χ1) is 12.9. The number of thioether (sulfide) groups is 1. The molecule has 0 spiro atoms. The van der Waals surface area contributed by atoms with Gasteiger partial charge in [-0.25, -0.2) is 4.39 Å². The summed E-state index contributed by atoms with van der Waals surface area (Å²) in [6.07, 6.45) is -1.02. The number of rotatable bonds is 7. The molecule has 0 radical (unpaired) electrons. The molecule has 10 heteroatoms. The lowest BCUT2D eigenvalue weighted by Crippen LogP contribution is -2.47. The Morgan fingerprint density at radius 3 is 2.48 bits per heavy atom. The fourth-order valence-electron chi connectivity index (χ4n) is 1.87. The molecule has 2 rings (SSSR count). The number of amides is 2. The van der Waals surface area contributed by atoms with Gasteiger partial charge in [-0.2, -0.15) is 0 Å². The summed E-state index contributed by atoms with van der Waals surface area (Å²) in [5, 5.41) is 10.6. The zero-order valence-corrected chi connectivity index (χ0v) is 15.0. The zero-order chi connectivity index (χ0) is 19.8. The lowest BCUT2D eigenvalue weighted by molar-refractivity contribution is -0.384. The van der Waals surface area contributed by atoms with Gasteiger partial charge in [-0.05, 0) is 31.2 Å². The topological polar surface area (TPSA) is 111 Å². The minimum absolute atomic E-state index is 0.0133. The van der Waals surface area contributed by atoms with Crippen molar-refractivity contribution < 1.29 is 23.6 Å². The van der Waals surface area contributed by atoms with Crippen LogP contribution in [0.15, 0.2) is 53.4 Å². The maximum absolute atomic E-state index is 13.5. The smallest absolute Gasteiger partial charge is 0.279 e. The molecule has 0 saturated heterocycles. The van der Waals surface area contributed by atoms with Gasteiger partial charge in [-0.1, -0.05) is 12.1 Å². The summed E-state index contributed by atoms with van der Waals surface area (Å²) < 4.78 is 18.7. The Kier molecular flexibility index (Phi) is 7.12. The molecule has 2 aromatic rings. The Morgan fingerprint density at radius 1 is 1.19 bits per heavy atom. The number of hydrogen-bond acceptors (Lipinski definition) is 6. The highest BCUT2D eigenvalue weighted by molar-refractivity contribution is 8.00. The van der Waals surface area contributed by atoms with Crippen LogP contribution in [0.3, 0.4) is 0 Å². The van der Waals surface area contributed by atoms with Gasteiger partial charge in [0.05, 0.1) is 10.7 Å². The normalized spacial score (nSPS) is 11.3. The van der Waals surface area contributed by atoms with Crippen molar-refractivity contribution in [2.24, 2.45) is 0 Å². The Hall–Kier alpha value is -3.14. The summed E-state index contributed by atoms with van der Waals surface area (Å²) in [4.78, 5) is 34.4. The molecule has 142 valence electrons. The molecule has 0 bridgehead atoms. The van der Waals surface area contributed by atoms with Gasteiger partial charge in [0.15, 0.2) is 17.7 Å². The molecular formula is C17H16FN3O5S. The van der Waals surface area contributed by atoms with Crippen LogP contribution in [-0.4, -0.2) is 28.6 Å². The molecule has 0 aliphatic carbocycles. The third kappa shape index (κ3) is 6.26. The van der Waals surface area contributed by atoms with E-state index >= 15 is 0 Å². The van der Waals surface area contributed by atoms with Crippen LogP contribution in [0.5, 0.6) is 5.75 Å². The molecule has 2 amide bonds. The number of ether oxygens (including phenoxy) is 1. The number of nitrogens with zero attached hydrogens (tertiary/aromatic N) is 1. The van der Waals surface area contributed by atoms with E-state index in [1.165, 1.54) is 49.4 Å². The van der Waals surface area contributed by atoms with E-state index in [1.54, 1.807) is 6.07 Å². The number of para-hydroxylation sites is 1. The van der Waals surface area contributed by atoms with Crippen LogP contribution in [0.2, 0.25) is 0 Å². The number of nitro groups is 1. The van der Waals surface area contributed by atoms with Crippen molar-refractivity contribution in [2.75, 3.05) is 5.75 Å². The van der Waals surface area contributed by atoms with Gasteiger partial charge in [-0.15, -0.1) is 11.8 Å². The van der Waals surface area contributed by atoms with Crippen molar-refractivity contribution in [3.05, 3.63) is 64.5 Å². The van der Waals surface area contributed by atoms with Gasteiger partial charge in [0.2, 0.25) is 5.91 Å². The molecule has 2 aromatic carbocycles. The molecule has 0 fully saturated rings. The average Bonchev–Trinajstić information content (AvgIpc) is 2.66. The zero-order valence-electron chi connectivity index (χ0n) is 14.2. The molecule has 0 unspecified atom stereocenters. The monoisotopic (exact) mass is 393 g/mol. The van der Waals surface area contributed by atoms with Crippen molar-refractivity contribution in [3.63, 3.8) is 0 Å². The highest BCUT2D eigenvalue weighted by atomic mass is 32.2. The Balaban J connectivity index is 1.75. The molecule has 0 heterocycles. The average molecular weight is 393 g/mol. The maximum atomic E-state index is 13.5. The summed E-state index contributed by atoms with van der Waals surface area (Å²) in [5.74, 6) is -1.81. The highest BCUT2D eigenvalue weighted by Crippen LogP contribution is 2.21.